The van der Waals surface area contributed by atoms with E-state index in [1.807, 2.05) is 22.9 Å². The molecule has 7 heteroatoms. The molecule has 0 unspecified atom stereocenters. The Morgan fingerprint density at radius 1 is 1.11 bits per heavy atom. The summed E-state index contributed by atoms with van der Waals surface area (Å²) in [5.74, 6) is 1.73. The largest absolute Gasteiger partial charge is 0.493 e. The van der Waals surface area contributed by atoms with E-state index in [-0.39, 0.29) is 0 Å². The van der Waals surface area contributed by atoms with E-state index in [1.54, 1.807) is 14.2 Å². The van der Waals surface area contributed by atoms with Crippen LogP contribution in [0.5, 0.6) is 11.5 Å². The van der Waals surface area contributed by atoms with Crippen LogP contribution in [0.15, 0.2) is 22.8 Å². The Morgan fingerprint density at radius 2 is 1.78 bits per heavy atom. The van der Waals surface area contributed by atoms with E-state index in [1.165, 1.54) is 0 Å². The molecule has 1 heterocycles. The number of methoxy groups -OCH3 is 2. The van der Waals surface area contributed by atoms with Gasteiger partial charge in [-0.3, -0.25) is 0 Å². The van der Waals surface area contributed by atoms with E-state index in [0.717, 1.165) is 34.1 Å². The Bertz CT molecular complexity index is 769. The number of hydrogen-bond acceptors (Lipinski definition) is 4. The highest BCUT2D eigenvalue weighted by molar-refractivity contribution is 9.10. The summed E-state index contributed by atoms with van der Waals surface area (Å²) in [6, 6.07) is 7.09. The molecule has 27 heavy (non-hydrogen) atoms. The third kappa shape index (κ3) is 5.59. The molecule has 0 amide bonds. The molecule has 0 atom stereocenters. The predicted octanol–water partition coefficient (Wildman–Crippen LogP) is 5.77. The van der Waals surface area contributed by atoms with E-state index in [2.05, 4.69) is 54.5 Å². The van der Waals surface area contributed by atoms with Crippen LogP contribution in [-0.4, -0.2) is 38.7 Å². The first-order valence-electron chi connectivity index (χ1n) is 9.24. The first kappa shape index (κ1) is 22.0. The Balaban J connectivity index is 2.38. The number of halogens is 1. The molecular formula is C20H31BrN2O3Si. The molecule has 2 rings (SSSR count). The minimum absolute atomic E-state index is 0.318. The lowest BCUT2D eigenvalue weighted by Gasteiger charge is -2.17. The molecule has 0 spiro atoms. The van der Waals surface area contributed by atoms with Gasteiger partial charge in [0.05, 0.1) is 19.9 Å². The summed E-state index contributed by atoms with van der Waals surface area (Å²) >= 11 is 3.63. The molecule has 0 aliphatic carbocycles. The minimum Gasteiger partial charge on any atom is -0.493 e. The highest BCUT2D eigenvalue weighted by Gasteiger charge is 2.22. The van der Waals surface area contributed by atoms with Gasteiger partial charge in [-0.2, -0.15) is 5.10 Å². The zero-order valence-corrected chi connectivity index (χ0v) is 20.0. The number of rotatable bonds is 9. The summed E-state index contributed by atoms with van der Waals surface area (Å²) in [5.41, 5.74) is 3.24. The van der Waals surface area contributed by atoms with Gasteiger partial charge in [-0.1, -0.05) is 33.5 Å². The monoisotopic (exact) mass is 454 g/mol. The van der Waals surface area contributed by atoms with Gasteiger partial charge >= 0.3 is 0 Å². The van der Waals surface area contributed by atoms with Crippen LogP contribution in [0, 0.1) is 0 Å². The number of hydrogen-bond donors (Lipinski definition) is 0. The van der Waals surface area contributed by atoms with Gasteiger partial charge < -0.3 is 14.2 Å². The van der Waals surface area contributed by atoms with Crippen molar-refractivity contribution in [2.45, 2.75) is 52.2 Å². The summed E-state index contributed by atoms with van der Waals surface area (Å²) in [7, 11) is 2.18. The normalized spacial score (nSPS) is 11.9. The van der Waals surface area contributed by atoms with Crippen molar-refractivity contribution in [3.05, 3.63) is 28.4 Å². The first-order chi connectivity index (χ1) is 12.7. The molecule has 1 aromatic carbocycles. The number of aromatic nitrogens is 2. The predicted molar refractivity (Wildman–Crippen MR) is 117 cm³/mol. The second kappa shape index (κ2) is 9.25. The van der Waals surface area contributed by atoms with Gasteiger partial charge in [0.1, 0.15) is 11.3 Å². The fraction of sp³-hybridized carbons (Fsp3) is 0.550. The molecule has 2 aromatic rings. The molecule has 0 saturated carbocycles. The number of ether oxygens (including phenoxy) is 3. The van der Waals surface area contributed by atoms with Crippen molar-refractivity contribution in [3.63, 3.8) is 0 Å². The molecule has 0 saturated heterocycles. The fourth-order valence-electron chi connectivity index (χ4n) is 2.87. The maximum absolute atomic E-state index is 5.97. The molecule has 0 bridgehead atoms. The lowest BCUT2D eigenvalue weighted by atomic mass is 9.99. The third-order valence-electron chi connectivity index (χ3n) is 4.39. The van der Waals surface area contributed by atoms with Crippen molar-refractivity contribution in [1.82, 2.24) is 9.78 Å². The van der Waals surface area contributed by atoms with Crippen LogP contribution < -0.4 is 9.47 Å². The average molecular weight is 455 g/mol. The molecule has 0 N–H and O–H groups in total. The van der Waals surface area contributed by atoms with Crippen molar-refractivity contribution >= 4 is 24.0 Å². The van der Waals surface area contributed by atoms with Crippen molar-refractivity contribution in [1.29, 1.82) is 0 Å². The van der Waals surface area contributed by atoms with Crippen LogP contribution in [0.4, 0.5) is 0 Å². The van der Waals surface area contributed by atoms with Gasteiger partial charge in [-0.25, -0.2) is 4.68 Å². The van der Waals surface area contributed by atoms with Crippen molar-refractivity contribution in [3.8, 4) is 22.8 Å². The lowest BCUT2D eigenvalue weighted by molar-refractivity contribution is 0.0795. The van der Waals surface area contributed by atoms with Crippen molar-refractivity contribution < 1.29 is 14.2 Å². The molecule has 5 nitrogen and oxygen atoms in total. The highest BCUT2D eigenvalue weighted by atomic mass is 79.9. The number of nitrogens with zero attached hydrogens (tertiary/aromatic N) is 2. The highest BCUT2D eigenvalue weighted by Crippen LogP contribution is 2.38. The smallest absolute Gasteiger partial charge is 0.161 e. The van der Waals surface area contributed by atoms with Crippen LogP contribution in [0.3, 0.4) is 0 Å². The summed E-state index contributed by atoms with van der Waals surface area (Å²) in [6.07, 6.45) is 0. The average Bonchev–Trinajstić information content (AvgIpc) is 2.93. The van der Waals surface area contributed by atoms with E-state index in [4.69, 9.17) is 14.2 Å². The molecule has 0 fully saturated rings. The van der Waals surface area contributed by atoms with Gasteiger partial charge in [0, 0.05) is 25.8 Å². The summed E-state index contributed by atoms with van der Waals surface area (Å²) in [6.45, 7) is 12.6. The number of benzene rings is 1. The minimum atomic E-state index is -1.11. The zero-order chi connectivity index (χ0) is 20.2. The van der Waals surface area contributed by atoms with Gasteiger partial charge in [0.15, 0.2) is 11.5 Å². The van der Waals surface area contributed by atoms with Crippen LogP contribution in [0.2, 0.25) is 25.7 Å². The van der Waals surface area contributed by atoms with Gasteiger partial charge in [0.2, 0.25) is 0 Å². The van der Waals surface area contributed by atoms with E-state index < -0.39 is 8.07 Å². The maximum atomic E-state index is 5.97. The first-order valence-corrected chi connectivity index (χ1v) is 13.7. The molecule has 1 aromatic heterocycles. The standard InChI is InChI=1S/C20H31BrN2O3Si/c1-14(2)18-19(15-8-9-16(24-3)17(12-15)25-4)23(22-20(18)21)13-26-10-11-27(5,6)7/h8-9,12,14H,10-11,13H2,1-7H3. The van der Waals surface area contributed by atoms with Crippen LogP contribution >= 0.6 is 15.9 Å². The van der Waals surface area contributed by atoms with Crippen molar-refractivity contribution in [2.24, 2.45) is 0 Å². The quantitative estimate of drug-likeness (QED) is 0.356. The van der Waals surface area contributed by atoms with Crippen LogP contribution in [0.25, 0.3) is 11.3 Å². The summed E-state index contributed by atoms with van der Waals surface area (Å²) in [4.78, 5) is 0. The molecule has 0 radical (unpaired) electrons. The van der Waals surface area contributed by atoms with E-state index in [0.29, 0.717) is 24.1 Å². The Labute approximate surface area is 172 Å². The Kier molecular flexibility index (Phi) is 7.53. The summed E-state index contributed by atoms with van der Waals surface area (Å²) in [5, 5.41) is 4.69. The Hall–Kier alpha value is -1.31. The second-order valence-electron chi connectivity index (χ2n) is 8.13. The third-order valence-corrected chi connectivity index (χ3v) is 6.68. The molecule has 0 aliphatic heterocycles. The topological polar surface area (TPSA) is 45.5 Å². The van der Waals surface area contributed by atoms with Gasteiger partial charge in [0.25, 0.3) is 0 Å². The van der Waals surface area contributed by atoms with Crippen LogP contribution in [0.1, 0.15) is 25.3 Å². The lowest BCUT2D eigenvalue weighted by Crippen LogP contribution is -2.22. The molecule has 150 valence electrons. The van der Waals surface area contributed by atoms with E-state index in [9.17, 15) is 0 Å². The van der Waals surface area contributed by atoms with Gasteiger partial charge in [-0.05, 0) is 46.1 Å². The van der Waals surface area contributed by atoms with Crippen LogP contribution in [-0.2, 0) is 11.5 Å². The summed E-state index contributed by atoms with van der Waals surface area (Å²) < 4.78 is 19.6. The molecule has 0 aliphatic rings. The van der Waals surface area contributed by atoms with E-state index >= 15 is 0 Å². The second-order valence-corrected chi connectivity index (χ2v) is 14.5. The van der Waals surface area contributed by atoms with Crippen molar-refractivity contribution in [2.75, 3.05) is 20.8 Å². The maximum Gasteiger partial charge on any atom is 0.161 e. The Morgan fingerprint density at radius 3 is 2.33 bits per heavy atom. The SMILES string of the molecule is COc1ccc(-c2c(C(C)C)c(Br)nn2COCC[Si](C)(C)C)cc1OC. The van der Waals surface area contributed by atoms with Gasteiger partial charge in [-0.15, -0.1) is 0 Å². The fourth-order valence-corrected chi connectivity index (χ4v) is 4.46. The molecular weight excluding hydrogens is 424 g/mol. The zero-order valence-electron chi connectivity index (χ0n) is 17.4.